The molecule has 2 rings (SSSR count). The molecule has 0 radical (unpaired) electrons. The van der Waals surface area contributed by atoms with Crippen LogP contribution in [-0.2, 0) is 0 Å². The van der Waals surface area contributed by atoms with Gasteiger partial charge in [0.05, 0.1) is 11.3 Å². The van der Waals surface area contributed by atoms with Gasteiger partial charge in [-0.3, -0.25) is 14.6 Å². The smallest absolute Gasteiger partial charge is 0.274 e. The minimum Gasteiger partial charge on any atom is -0.319 e. The normalized spacial score (nSPS) is 9.60. The Bertz CT molecular complexity index is 705. The molecule has 0 aliphatic carbocycles. The van der Waals surface area contributed by atoms with Crippen molar-refractivity contribution in [3.05, 3.63) is 57.8 Å². The molecule has 1 aromatic carbocycles. The number of nitrogens with one attached hydrogen (secondary N) is 1. The lowest BCUT2D eigenvalue weighted by molar-refractivity contribution is 0.102. The second kappa shape index (κ2) is 6.08. The molecule has 0 aliphatic rings. The van der Waals surface area contributed by atoms with Crippen LogP contribution >= 0.6 is 15.9 Å². The van der Waals surface area contributed by atoms with Crippen molar-refractivity contribution in [2.24, 2.45) is 0 Å². The number of anilines is 1. The number of pyridine rings is 1. The first-order chi connectivity index (χ1) is 9.65. The van der Waals surface area contributed by atoms with Crippen LogP contribution in [0.25, 0.3) is 0 Å². The van der Waals surface area contributed by atoms with Crippen LogP contribution in [0.5, 0.6) is 0 Å². The molecule has 0 saturated carbocycles. The Morgan fingerprint density at radius 1 is 1.35 bits per heavy atom. The lowest BCUT2D eigenvalue weighted by atomic mass is 10.2. The third-order valence-electron chi connectivity index (χ3n) is 2.53. The first-order valence-electron chi connectivity index (χ1n) is 5.57. The van der Waals surface area contributed by atoms with Crippen molar-refractivity contribution in [1.29, 1.82) is 5.26 Å². The average Bonchev–Trinajstić information content (AvgIpc) is 2.47. The fourth-order valence-corrected chi connectivity index (χ4v) is 1.99. The first-order valence-corrected chi connectivity index (χ1v) is 6.36. The highest BCUT2D eigenvalue weighted by molar-refractivity contribution is 9.10. The van der Waals surface area contributed by atoms with E-state index >= 15 is 0 Å². The van der Waals surface area contributed by atoms with Crippen molar-refractivity contribution >= 4 is 33.8 Å². The Balaban J connectivity index is 2.26. The van der Waals surface area contributed by atoms with Crippen molar-refractivity contribution in [3.63, 3.8) is 0 Å². The summed E-state index contributed by atoms with van der Waals surface area (Å²) in [6.45, 7) is 0. The molecule has 0 saturated heterocycles. The number of nitriles is 1. The number of benzene rings is 1. The molecule has 5 nitrogen and oxygen atoms in total. The molecule has 0 atom stereocenters. The van der Waals surface area contributed by atoms with Gasteiger partial charge in [0.2, 0.25) is 0 Å². The zero-order valence-electron chi connectivity index (χ0n) is 10.1. The lowest BCUT2D eigenvalue weighted by Crippen LogP contribution is -2.14. The number of hydrogen-bond acceptors (Lipinski definition) is 4. The number of nitrogens with zero attached hydrogens (tertiary/aromatic N) is 2. The number of aldehydes is 1. The number of aromatic nitrogens is 1. The van der Waals surface area contributed by atoms with E-state index in [9.17, 15) is 9.59 Å². The number of amides is 1. The Morgan fingerprint density at radius 2 is 2.15 bits per heavy atom. The van der Waals surface area contributed by atoms with Gasteiger partial charge in [-0.1, -0.05) is 6.07 Å². The maximum atomic E-state index is 12.0. The van der Waals surface area contributed by atoms with E-state index in [1.54, 1.807) is 18.2 Å². The number of halogens is 1. The highest BCUT2D eigenvalue weighted by Crippen LogP contribution is 2.24. The van der Waals surface area contributed by atoms with Crippen LogP contribution < -0.4 is 5.32 Å². The van der Waals surface area contributed by atoms with Crippen LogP contribution in [0.1, 0.15) is 26.4 Å². The summed E-state index contributed by atoms with van der Waals surface area (Å²) >= 11 is 3.24. The number of carbonyl (C=O) groups is 2. The van der Waals surface area contributed by atoms with Gasteiger partial charge in [-0.2, -0.15) is 5.26 Å². The molecular formula is C14H8BrN3O2. The van der Waals surface area contributed by atoms with E-state index in [2.05, 4.69) is 26.2 Å². The van der Waals surface area contributed by atoms with Crippen LogP contribution in [0.15, 0.2) is 41.0 Å². The Labute approximate surface area is 123 Å². The summed E-state index contributed by atoms with van der Waals surface area (Å²) in [5.74, 6) is -0.447. The molecular weight excluding hydrogens is 322 g/mol. The van der Waals surface area contributed by atoms with E-state index in [4.69, 9.17) is 5.26 Å². The van der Waals surface area contributed by atoms with Gasteiger partial charge in [-0.15, -0.1) is 0 Å². The molecule has 0 spiro atoms. The van der Waals surface area contributed by atoms with Crippen LogP contribution in [0.3, 0.4) is 0 Å². The Hall–Kier alpha value is -2.52. The molecule has 6 heteroatoms. The van der Waals surface area contributed by atoms with Gasteiger partial charge in [-0.25, -0.2) is 0 Å². The predicted octanol–water partition coefficient (Wildman–Crippen LogP) is 2.78. The maximum absolute atomic E-state index is 12.0. The third kappa shape index (κ3) is 2.90. The second-order valence-electron chi connectivity index (χ2n) is 3.82. The summed E-state index contributed by atoms with van der Waals surface area (Å²) < 4.78 is 0.599. The van der Waals surface area contributed by atoms with Gasteiger partial charge in [0.25, 0.3) is 5.91 Å². The van der Waals surface area contributed by atoms with Crippen molar-refractivity contribution in [2.45, 2.75) is 0 Å². The van der Waals surface area contributed by atoms with Gasteiger partial charge >= 0.3 is 0 Å². The molecule has 1 heterocycles. The number of rotatable bonds is 3. The molecule has 98 valence electrons. The topological polar surface area (TPSA) is 82.9 Å². The molecule has 0 aliphatic heterocycles. The predicted molar refractivity (Wildman–Crippen MR) is 76.4 cm³/mol. The average molecular weight is 330 g/mol. The molecule has 0 unspecified atom stereocenters. The summed E-state index contributed by atoms with van der Waals surface area (Å²) in [5.41, 5.74) is 1.29. The zero-order chi connectivity index (χ0) is 14.5. The highest BCUT2D eigenvalue weighted by atomic mass is 79.9. The van der Waals surface area contributed by atoms with Gasteiger partial charge in [0.1, 0.15) is 11.8 Å². The highest BCUT2D eigenvalue weighted by Gasteiger charge is 2.12. The number of carbonyl (C=O) groups excluding carboxylic acids is 2. The van der Waals surface area contributed by atoms with Crippen molar-refractivity contribution in [1.82, 2.24) is 4.98 Å². The van der Waals surface area contributed by atoms with Crippen LogP contribution in [0.2, 0.25) is 0 Å². The van der Waals surface area contributed by atoms with Gasteiger partial charge in [0.15, 0.2) is 6.29 Å². The number of hydrogen-bond donors (Lipinski definition) is 1. The van der Waals surface area contributed by atoms with E-state index in [-0.39, 0.29) is 5.69 Å². The quantitative estimate of drug-likeness (QED) is 0.877. The van der Waals surface area contributed by atoms with Crippen molar-refractivity contribution < 1.29 is 9.59 Å². The van der Waals surface area contributed by atoms with Crippen molar-refractivity contribution in [3.8, 4) is 6.07 Å². The van der Waals surface area contributed by atoms with Gasteiger partial charge in [-0.05, 0) is 40.2 Å². The molecule has 2 aromatic rings. The van der Waals surface area contributed by atoms with Crippen LogP contribution in [0, 0.1) is 11.3 Å². The van der Waals surface area contributed by atoms with E-state index in [0.29, 0.717) is 27.6 Å². The molecule has 20 heavy (non-hydrogen) atoms. The largest absolute Gasteiger partial charge is 0.319 e. The van der Waals surface area contributed by atoms with Crippen LogP contribution in [-0.4, -0.2) is 17.2 Å². The summed E-state index contributed by atoms with van der Waals surface area (Å²) in [6, 6.07) is 10.0. The van der Waals surface area contributed by atoms with Gasteiger partial charge < -0.3 is 5.32 Å². The minimum atomic E-state index is -0.447. The Kier molecular flexibility index (Phi) is 4.23. The Morgan fingerprint density at radius 3 is 2.75 bits per heavy atom. The fourth-order valence-electron chi connectivity index (χ4n) is 1.54. The molecule has 0 fully saturated rings. The van der Waals surface area contributed by atoms with E-state index in [0.717, 1.165) is 0 Å². The van der Waals surface area contributed by atoms with E-state index in [1.165, 1.54) is 18.3 Å². The summed E-state index contributed by atoms with van der Waals surface area (Å²) in [6.07, 6.45) is 1.96. The minimum absolute atomic E-state index is 0.166. The summed E-state index contributed by atoms with van der Waals surface area (Å²) in [7, 11) is 0. The monoisotopic (exact) mass is 329 g/mol. The fraction of sp³-hybridized carbons (Fsp3) is 0. The molecule has 1 aromatic heterocycles. The van der Waals surface area contributed by atoms with Crippen molar-refractivity contribution in [2.75, 3.05) is 5.32 Å². The van der Waals surface area contributed by atoms with E-state index < -0.39 is 5.91 Å². The zero-order valence-corrected chi connectivity index (χ0v) is 11.7. The van der Waals surface area contributed by atoms with E-state index in [1.807, 2.05) is 6.07 Å². The summed E-state index contributed by atoms with van der Waals surface area (Å²) in [4.78, 5) is 26.4. The standard InChI is InChI=1S/C14H8BrN3O2/c15-11-2-1-3-12(10(11)6-16)18-14(20)13-5-4-9(8-19)7-17-13/h1-5,7-8H,(H,18,20). The molecule has 1 N–H and O–H groups in total. The van der Waals surface area contributed by atoms with Crippen LogP contribution in [0.4, 0.5) is 5.69 Å². The maximum Gasteiger partial charge on any atom is 0.274 e. The van der Waals surface area contributed by atoms with Gasteiger partial charge in [0, 0.05) is 16.2 Å². The lowest BCUT2D eigenvalue weighted by Gasteiger charge is -2.07. The molecule has 1 amide bonds. The SMILES string of the molecule is N#Cc1c(Br)cccc1NC(=O)c1ccc(C=O)cn1. The summed E-state index contributed by atoms with van der Waals surface area (Å²) in [5, 5.41) is 11.7. The second-order valence-corrected chi connectivity index (χ2v) is 4.68. The third-order valence-corrected chi connectivity index (χ3v) is 3.19. The first kappa shape index (κ1) is 13.9. The molecule has 0 bridgehead atoms.